The molecule has 0 N–H and O–H groups in total. The van der Waals surface area contributed by atoms with Gasteiger partial charge in [0.1, 0.15) is 0 Å². The summed E-state index contributed by atoms with van der Waals surface area (Å²) in [4.78, 5) is 7.64. The molecule has 2 unspecified atom stereocenters. The molecule has 1 aliphatic carbocycles. The molecule has 2 heterocycles. The molecule has 0 saturated carbocycles. The van der Waals surface area contributed by atoms with E-state index in [1.807, 2.05) is 0 Å². The van der Waals surface area contributed by atoms with E-state index in [0.29, 0.717) is 0 Å². The number of nitrogens with zero attached hydrogens (tertiary/aromatic N) is 3. The lowest BCUT2D eigenvalue weighted by atomic mass is 9.23. The van der Waals surface area contributed by atoms with Gasteiger partial charge >= 0.3 is 0 Å². The topological polar surface area (TPSA) is 9.72 Å². The molecule has 9 rings (SSSR count). The number of hydrogen-bond donors (Lipinski definition) is 0. The first kappa shape index (κ1) is 39.7. The van der Waals surface area contributed by atoms with Gasteiger partial charge in [0, 0.05) is 45.5 Å². The van der Waals surface area contributed by atoms with E-state index in [0.717, 1.165) is 5.69 Å². The Kier molecular flexibility index (Phi) is 9.39. The van der Waals surface area contributed by atoms with E-state index in [4.69, 9.17) is 0 Å². The maximum atomic E-state index is 2.64. The highest BCUT2D eigenvalue weighted by molar-refractivity contribution is 6.92. The van der Waals surface area contributed by atoms with Crippen LogP contribution in [0.3, 0.4) is 0 Å². The van der Waals surface area contributed by atoms with Crippen molar-refractivity contribution in [2.75, 3.05) is 14.7 Å². The number of rotatable bonds is 5. The first-order valence-electron chi connectivity index (χ1n) is 21.8. The summed E-state index contributed by atoms with van der Waals surface area (Å²) in [5.74, 6) is 0. The maximum absolute atomic E-state index is 2.64. The van der Waals surface area contributed by atoms with E-state index in [-0.39, 0.29) is 34.3 Å². The lowest BCUT2D eigenvalue weighted by Gasteiger charge is -2.55. The molecule has 3 aliphatic rings. The summed E-state index contributed by atoms with van der Waals surface area (Å²) < 4.78 is 0. The van der Waals surface area contributed by atoms with Crippen LogP contribution in [-0.4, -0.2) is 12.8 Å². The van der Waals surface area contributed by atoms with Crippen molar-refractivity contribution in [1.82, 2.24) is 0 Å². The van der Waals surface area contributed by atoms with E-state index in [9.17, 15) is 0 Å². The predicted molar refractivity (Wildman–Crippen MR) is 260 cm³/mol. The fourth-order valence-electron chi connectivity index (χ4n) is 9.94. The predicted octanol–water partition coefficient (Wildman–Crippen LogP) is 13.9. The van der Waals surface area contributed by atoms with Crippen LogP contribution in [0.2, 0.25) is 5.31 Å². The van der Waals surface area contributed by atoms with Crippen LogP contribution in [0.5, 0.6) is 0 Å². The summed E-state index contributed by atoms with van der Waals surface area (Å²) in [6.45, 7) is 25.6. The third-order valence-electron chi connectivity index (χ3n) is 13.4. The van der Waals surface area contributed by atoms with Gasteiger partial charge < -0.3 is 14.7 Å². The zero-order valence-electron chi connectivity index (χ0n) is 37.5. The molecule has 0 amide bonds. The van der Waals surface area contributed by atoms with Gasteiger partial charge in [0.05, 0.1) is 6.04 Å². The average Bonchev–Trinajstić information content (AvgIpc) is 3.21. The lowest BCUT2D eigenvalue weighted by Crippen LogP contribution is -2.66. The normalized spacial score (nSPS) is 18.4. The largest absolute Gasteiger partial charge is 0.335 e. The minimum atomic E-state index is -0.316. The van der Waals surface area contributed by atoms with Gasteiger partial charge in [-0.25, -0.2) is 0 Å². The van der Waals surface area contributed by atoms with Crippen molar-refractivity contribution in [3.05, 3.63) is 186 Å². The van der Waals surface area contributed by atoms with Gasteiger partial charge in [-0.3, -0.25) is 0 Å². The van der Waals surface area contributed by atoms with Crippen LogP contribution in [0.1, 0.15) is 91.5 Å². The van der Waals surface area contributed by atoms with Crippen LogP contribution < -0.4 is 25.6 Å². The van der Waals surface area contributed by atoms with Crippen molar-refractivity contribution in [2.45, 2.75) is 104 Å². The van der Waals surface area contributed by atoms with Crippen molar-refractivity contribution < 1.29 is 0 Å². The molecule has 6 aromatic carbocycles. The monoisotopic (exact) mass is 785 g/mol. The Labute approximate surface area is 360 Å². The maximum Gasteiger partial charge on any atom is 0.229 e. The van der Waals surface area contributed by atoms with Crippen LogP contribution in [0.15, 0.2) is 163 Å². The number of anilines is 7. The smallest absolute Gasteiger partial charge is 0.229 e. The van der Waals surface area contributed by atoms with E-state index in [1.54, 1.807) is 0 Å². The lowest BCUT2D eigenvalue weighted by molar-refractivity contribution is 0.590. The van der Waals surface area contributed by atoms with Gasteiger partial charge in [0.2, 0.25) is 6.71 Å². The Balaban J connectivity index is 1.30. The third kappa shape index (κ3) is 6.60. The molecule has 0 fully saturated rings. The minimum Gasteiger partial charge on any atom is -0.335 e. The average molecular weight is 786 g/mol. The van der Waals surface area contributed by atoms with E-state index in [2.05, 4.69) is 249 Å². The van der Waals surface area contributed by atoms with Gasteiger partial charge in [0.15, 0.2) is 0 Å². The molecule has 0 aromatic heterocycles. The summed E-state index contributed by atoms with van der Waals surface area (Å²) in [6.07, 6.45) is 7.54. The fourth-order valence-corrected chi connectivity index (χ4v) is 9.94. The third-order valence-corrected chi connectivity index (χ3v) is 13.4. The van der Waals surface area contributed by atoms with Crippen molar-refractivity contribution in [2.24, 2.45) is 0 Å². The number of hydrogen-bond acceptors (Lipinski definition) is 3. The van der Waals surface area contributed by atoms with Crippen LogP contribution in [-0.2, 0) is 16.2 Å². The van der Waals surface area contributed by atoms with E-state index in [1.165, 1.54) is 73.0 Å². The number of benzene rings is 6. The molecule has 6 aromatic rings. The van der Waals surface area contributed by atoms with E-state index >= 15 is 0 Å². The second-order valence-electron chi connectivity index (χ2n) is 20.7. The van der Waals surface area contributed by atoms with Crippen molar-refractivity contribution in [1.29, 1.82) is 0 Å². The Bertz CT molecular complexity index is 2630. The number of allylic oxidation sites excluding steroid dienone is 1. The minimum absolute atomic E-state index is 0.00298. The first-order chi connectivity index (χ1) is 28.4. The molecular formula is C56H60BN3. The molecule has 0 saturated heterocycles. The first-order valence-corrected chi connectivity index (χ1v) is 21.8. The molecule has 2 atom stereocenters. The molecule has 0 radical (unpaired) electrons. The summed E-state index contributed by atoms with van der Waals surface area (Å²) in [7, 11) is 0. The van der Waals surface area contributed by atoms with Gasteiger partial charge in [-0.05, 0) is 134 Å². The number of para-hydroxylation sites is 2. The summed E-state index contributed by atoms with van der Waals surface area (Å²) in [6, 6.07) is 52.7. The molecular weight excluding hydrogens is 725 g/mol. The quantitative estimate of drug-likeness (QED) is 0.161. The number of aryl methyl sites for hydroxylation is 1. The van der Waals surface area contributed by atoms with Crippen LogP contribution in [0.25, 0.3) is 0 Å². The van der Waals surface area contributed by atoms with Crippen molar-refractivity contribution in [3.63, 3.8) is 0 Å². The zero-order chi connectivity index (χ0) is 42.4. The second-order valence-corrected chi connectivity index (χ2v) is 20.7. The molecule has 60 heavy (non-hydrogen) atoms. The molecule has 0 bridgehead atoms. The Hall–Kier alpha value is -5.74. The zero-order valence-corrected chi connectivity index (χ0v) is 37.5. The molecule has 4 heteroatoms. The van der Waals surface area contributed by atoms with Crippen LogP contribution in [0.4, 0.5) is 39.8 Å². The molecule has 0 spiro atoms. The highest BCUT2D eigenvalue weighted by Crippen LogP contribution is 2.55. The van der Waals surface area contributed by atoms with Crippen molar-refractivity contribution >= 4 is 57.5 Å². The van der Waals surface area contributed by atoms with Gasteiger partial charge in [0.25, 0.3) is 0 Å². The second kappa shape index (κ2) is 14.2. The summed E-state index contributed by atoms with van der Waals surface area (Å²) in [5, 5.41) is -0.316. The highest BCUT2D eigenvalue weighted by atomic mass is 15.2. The molecule has 3 nitrogen and oxygen atoms in total. The van der Waals surface area contributed by atoms with Gasteiger partial charge in [-0.2, -0.15) is 0 Å². The Morgan fingerprint density at radius 1 is 0.567 bits per heavy atom. The summed E-state index contributed by atoms with van der Waals surface area (Å²) >= 11 is 0. The van der Waals surface area contributed by atoms with E-state index < -0.39 is 0 Å². The molecule has 302 valence electrons. The summed E-state index contributed by atoms with van der Waals surface area (Å²) in [5.41, 5.74) is 17.8. The van der Waals surface area contributed by atoms with Crippen LogP contribution >= 0.6 is 0 Å². The Morgan fingerprint density at radius 3 is 1.78 bits per heavy atom. The number of fused-ring (bicyclic) bond motifs is 4. The van der Waals surface area contributed by atoms with Gasteiger partial charge in [-0.1, -0.05) is 154 Å². The molecule has 2 aliphatic heterocycles. The van der Waals surface area contributed by atoms with Crippen molar-refractivity contribution in [3.8, 4) is 0 Å². The Morgan fingerprint density at radius 2 is 1.15 bits per heavy atom. The fraction of sp³-hybridized carbons (Fsp3) is 0.286. The standard InChI is InChI=1S/C56H60BN3/c1-38-18-15-16-21-47(38)58(43-29-24-39(25-30-43)53(2,3)4)45-34-35-56(11)51(37-45)60(42-19-13-12-14-20-42)50-23-17-22-49-52(50)57(56)46-36-41(55(8,9)10)28-33-48(46)59(49)44-31-26-40(27-32-44)54(5,6)7/h12-37,51H,1-11H3. The highest BCUT2D eigenvalue weighted by Gasteiger charge is 2.56. The van der Waals surface area contributed by atoms with Crippen LogP contribution in [0, 0.1) is 6.92 Å². The SMILES string of the molecule is Cc1ccccc1N(C1=CC2N(c3ccccc3)c3cccc4c3B(c3cc(C(C)(C)C)ccc3N4c3ccc(C(C)(C)C)cc3)C2(C)C=C1)c1ccc(C(C)(C)C)cc1. The van der Waals surface area contributed by atoms with Gasteiger partial charge in [-0.15, -0.1) is 0 Å².